The van der Waals surface area contributed by atoms with E-state index in [0.717, 1.165) is 22.1 Å². The fraction of sp³-hybridized carbons (Fsp3) is 0.450. The Morgan fingerprint density at radius 2 is 1.96 bits per heavy atom. The molecule has 0 aliphatic carbocycles. The van der Waals surface area contributed by atoms with Crippen molar-refractivity contribution in [3.63, 3.8) is 0 Å². The Labute approximate surface area is 143 Å². The molecule has 0 spiro atoms. The van der Waals surface area contributed by atoms with Crippen molar-refractivity contribution in [2.45, 2.75) is 26.8 Å². The number of ether oxygens (including phenoxy) is 1. The maximum atomic E-state index is 12.9. The molecular formula is C20H25NO3. The highest BCUT2D eigenvalue weighted by Crippen LogP contribution is 2.43. The van der Waals surface area contributed by atoms with Crippen LogP contribution in [-0.4, -0.2) is 36.2 Å². The van der Waals surface area contributed by atoms with Gasteiger partial charge in [0.25, 0.3) is 0 Å². The van der Waals surface area contributed by atoms with Crippen LogP contribution in [0.15, 0.2) is 36.4 Å². The molecule has 4 nitrogen and oxygen atoms in total. The third kappa shape index (κ3) is 2.75. The lowest BCUT2D eigenvalue weighted by molar-refractivity contribution is -0.142. The Morgan fingerprint density at radius 1 is 1.25 bits per heavy atom. The van der Waals surface area contributed by atoms with E-state index < -0.39 is 5.41 Å². The van der Waals surface area contributed by atoms with Crippen molar-refractivity contribution >= 4 is 16.7 Å². The van der Waals surface area contributed by atoms with Crippen LogP contribution in [-0.2, 0) is 4.79 Å². The van der Waals surface area contributed by atoms with E-state index in [1.54, 1.807) is 4.90 Å². The average molecular weight is 327 g/mol. The molecule has 24 heavy (non-hydrogen) atoms. The Balaban J connectivity index is 2.18. The van der Waals surface area contributed by atoms with Crippen molar-refractivity contribution in [2.24, 2.45) is 11.3 Å². The fourth-order valence-corrected chi connectivity index (χ4v) is 3.55. The van der Waals surface area contributed by atoms with Crippen molar-refractivity contribution in [3.05, 3.63) is 42.0 Å². The van der Waals surface area contributed by atoms with Gasteiger partial charge < -0.3 is 14.7 Å². The molecule has 0 aromatic heterocycles. The molecule has 0 radical (unpaired) electrons. The predicted molar refractivity (Wildman–Crippen MR) is 95.0 cm³/mol. The van der Waals surface area contributed by atoms with Gasteiger partial charge >= 0.3 is 0 Å². The first-order valence-corrected chi connectivity index (χ1v) is 8.37. The Bertz CT molecular complexity index is 763. The number of fused-ring (bicyclic) bond motifs is 3. The zero-order chi connectivity index (χ0) is 17.5. The minimum Gasteiger partial charge on any atom is -0.493 e. The van der Waals surface area contributed by atoms with Gasteiger partial charge in [0.2, 0.25) is 5.91 Å². The van der Waals surface area contributed by atoms with Gasteiger partial charge in [-0.1, -0.05) is 51.1 Å². The van der Waals surface area contributed by atoms with Crippen LogP contribution >= 0.6 is 0 Å². The number of aliphatic hydroxyl groups is 1. The number of hydrogen-bond acceptors (Lipinski definition) is 3. The first-order chi connectivity index (χ1) is 11.3. The van der Waals surface area contributed by atoms with E-state index in [4.69, 9.17) is 4.74 Å². The van der Waals surface area contributed by atoms with Gasteiger partial charge in [-0.15, -0.1) is 0 Å². The highest BCUT2D eigenvalue weighted by Gasteiger charge is 2.39. The van der Waals surface area contributed by atoms with E-state index in [0.29, 0.717) is 6.61 Å². The summed E-state index contributed by atoms with van der Waals surface area (Å²) in [6.45, 7) is 6.15. The Kier molecular flexibility index (Phi) is 4.26. The first-order valence-electron chi connectivity index (χ1n) is 8.37. The zero-order valence-electron chi connectivity index (χ0n) is 14.7. The molecule has 2 atom stereocenters. The van der Waals surface area contributed by atoms with E-state index in [2.05, 4.69) is 12.1 Å². The number of amides is 1. The summed E-state index contributed by atoms with van der Waals surface area (Å²) in [6.07, 6.45) is 0. The van der Waals surface area contributed by atoms with Crippen LogP contribution in [0.1, 0.15) is 32.4 Å². The second kappa shape index (κ2) is 6.10. The second-order valence-corrected chi connectivity index (χ2v) is 7.56. The van der Waals surface area contributed by atoms with Gasteiger partial charge in [-0.2, -0.15) is 0 Å². The summed E-state index contributed by atoms with van der Waals surface area (Å²) in [7, 11) is 1.83. The van der Waals surface area contributed by atoms with Crippen LogP contribution in [0.2, 0.25) is 0 Å². The van der Waals surface area contributed by atoms with Crippen LogP contribution in [0, 0.1) is 11.3 Å². The summed E-state index contributed by atoms with van der Waals surface area (Å²) in [6, 6.07) is 11.9. The molecule has 0 saturated carbocycles. The number of carbonyl (C=O) groups is 1. The van der Waals surface area contributed by atoms with E-state index in [1.165, 1.54) is 0 Å². The molecule has 0 bridgehead atoms. The third-order valence-electron chi connectivity index (χ3n) is 4.74. The molecule has 0 fully saturated rings. The molecule has 0 saturated heterocycles. The van der Waals surface area contributed by atoms with Gasteiger partial charge in [0.05, 0.1) is 19.3 Å². The van der Waals surface area contributed by atoms with Gasteiger partial charge in [-0.3, -0.25) is 4.79 Å². The molecule has 1 aliphatic rings. The van der Waals surface area contributed by atoms with Crippen LogP contribution in [0.25, 0.3) is 10.8 Å². The normalized spacial score (nSPS) is 20.4. The molecule has 2 aromatic rings. The van der Waals surface area contributed by atoms with Crippen molar-refractivity contribution in [1.29, 1.82) is 0 Å². The number of hydrogen-bond donors (Lipinski definition) is 1. The summed E-state index contributed by atoms with van der Waals surface area (Å²) in [4.78, 5) is 14.7. The molecule has 0 unspecified atom stereocenters. The molecule has 4 heteroatoms. The van der Waals surface area contributed by atoms with E-state index in [9.17, 15) is 9.90 Å². The summed E-state index contributed by atoms with van der Waals surface area (Å²) in [5.41, 5.74) is 0.524. The topological polar surface area (TPSA) is 49.8 Å². The van der Waals surface area contributed by atoms with Gasteiger partial charge in [0.1, 0.15) is 5.75 Å². The maximum Gasteiger partial charge on any atom is 0.228 e. The quantitative estimate of drug-likeness (QED) is 0.920. The summed E-state index contributed by atoms with van der Waals surface area (Å²) >= 11 is 0. The van der Waals surface area contributed by atoms with Crippen LogP contribution in [0.3, 0.4) is 0 Å². The lowest BCUT2D eigenvalue weighted by Gasteiger charge is -2.41. The molecule has 1 aliphatic heterocycles. The molecule has 1 heterocycles. The SMILES string of the molecule is CN(C(=O)C(C)(C)C)[C@H]1c2c(ccc3ccccc23)OC[C@H]1CO. The van der Waals surface area contributed by atoms with Crippen LogP contribution in [0.5, 0.6) is 5.75 Å². The summed E-state index contributed by atoms with van der Waals surface area (Å²) in [5, 5.41) is 12.1. The molecule has 1 amide bonds. The number of aliphatic hydroxyl groups excluding tert-OH is 1. The third-order valence-corrected chi connectivity index (χ3v) is 4.74. The summed E-state index contributed by atoms with van der Waals surface area (Å²) < 4.78 is 5.88. The zero-order valence-corrected chi connectivity index (χ0v) is 14.7. The number of nitrogens with zero attached hydrogens (tertiary/aromatic N) is 1. The van der Waals surface area contributed by atoms with Gasteiger partial charge in [-0.05, 0) is 16.8 Å². The minimum atomic E-state index is -0.474. The maximum absolute atomic E-state index is 12.9. The number of benzene rings is 2. The summed E-state index contributed by atoms with van der Waals surface area (Å²) in [5.74, 6) is 0.725. The first kappa shape index (κ1) is 16.8. The van der Waals surface area contributed by atoms with Crippen LogP contribution < -0.4 is 4.74 Å². The van der Waals surface area contributed by atoms with Gasteiger partial charge in [-0.25, -0.2) is 0 Å². The molecule has 2 aromatic carbocycles. The molecule has 3 rings (SSSR count). The minimum absolute atomic E-state index is 0.0188. The molecule has 1 N–H and O–H groups in total. The lowest BCUT2D eigenvalue weighted by atomic mass is 9.85. The van der Waals surface area contributed by atoms with E-state index >= 15 is 0 Å². The standard InChI is InChI=1S/C20H25NO3/c1-20(2,3)19(23)21(4)18-14(11-22)12-24-16-10-9-13-7-5-6-8-15(13)17(16)18/h5-10,14,18,22H,11-12H2,1-4H3/t14-,18-/m1/s1. The van der Waals surface area contributed by atoms with Gasteiger partial charge in [0.15, 0.2) is 0 Å². The highest BCUT2D eigenvalue weighted by molar-refractivity contribution is 5.89. The average Bonchev–Trinajstić information content (AvgIpc) is 2.58. The lowest BCUT2D eigenvalue weighted by Crippen LogP contribution is -2.45. The largest absolute Gasteiger partial charge is 0.493 e. The number of rotatable bonds is 2. The molecule has 128 valence electrons. The monoisotopic (exact) mass is 327 g/mol. The molecular weight excluding hydrogens is 302 g/mol. The van der Waals surface area contributed by atoms with Crippen molar-refractivity contribution in [3.8, 4) is 5.75 Å². The smallest absolute Gasteiger partial charge is 0.228 e. The second-order valence-electron chi connectivity index (χ2n) is 7.56. The van der Waals surface area contributed by atoms with Crippen LogP contribution in [0.4, 0.5) is 0 Å². The predicted octanol–water partition coefficient (Wildman–Crippen LogP) is 3.39. The fourth-order valence-electron chi connectivity index (χ4n) is 3.55. The number of carbonyl (C=O) groups excluding carboxylic acids is 1. The van der Waals surface area contributed by atoms with E-state index in [1.807, 2.05) is 52.1 Å². The Morgan fingerprint density at radius 3 is 2.62 bits per heavy atom. The van der Waals surface area contributed by atoms with Crippen molar-refractivity contribution in [2.75, 3.05) is 20.3 Å². The highest BCUT2D eigenvalue weighted by atomic mass is 16.5. The van der Waals surface area contributed by atoms with Gasteiger partial charge in [0, 0.05) is 23.9 Å². The Hall–Kier alpha value is -2.07. The van der Waals surface area contributed by atoms with Crippen molar-refractivity contribution in [1.82, 2.24) is 4.90 Å². The van der Waals surface area contributed by atoms with Crippen molar-refractivity contribution < 1.29 is 14.6 Å². The van der Waals surface area contributed by atoms with E-state index in [-0.39, 0.29) is 24.5 Å².